The molecule has 10 heteroatoms. The number of rotatable bonds is 5. The van der Waals surface area contributed by atoms with Crippen molar-refractivity contribution in [1.82, 2.24) is 5.32 Å². The molecule has 0 spiro atoms. The summed E-state index contributed by atoms with van der Waals surface area (Å²) in [4.78, 5) is 13.0. The van der Waals surface area contributed by atoms with Crippen LogP contribution in [-0.4, -0.2) is 47.9 Å². The van der Waals surface area contributed by atoms with Crippen LogP contribution in [0.15, 0.2) is 47.4 Å². The average Bonchev–Trinajstić information content (AvgIpc) is 2.65. The summed E-state index contributed by atoms with van der Waals surface area (Å²) in [6.45, 7) is 3.46. The summed E-state index contributed by atoms with van der Waals surface area (Å²) >= 11 is 0. The highest BCUT2D eigenvalue weighted by Crippen LogP contribution is 2.35. The molecule has 1 aliphatic rings. The monoisotopic (exact) mass is 452 g/mol. The van der Waals surface area contributed by atoms with Crippen molar-refractivity contribution in [2.75, 3.05) is 23.4 Å². The molecule has 0 unspecified atom stereocenters. The number of fused-ring (bicyclic) bond motifs is 1. The molecule has 8 nitrogen and oxygen atoms in total. The molecule has 0 aliphatic carbocycles. The van der Waals surface area contributed by atoms with Gasteiger partial charge in [-0.15, -0.1) is 0 Å². The molecule has 162 valence electrons. The van der Waals surface area contributed by atoms with Crippen molar-refractivity contribution in [1.29, 1.82) is 0 Å². The van der Waals surface area contributed by atoms with Gasteiger partial charge in [0, 0.05) is 6.26 Å². The van der Waals surface area contributed by atoms with E-state index >= 15 is 0 Å². The second kappa shape index (κ2) is 7.92. The molecule has 0 fully saturated rings. The number of hydrogen-bond acceptors (Lipinski definition) is 6. The zero-order valence-corrected chi connectivity index (χ0v) is 18.7. The number of hydrogen-bond donors (Lipinski definition) is 1. The van der Waals surface area contributed by atoms with E-state index in [-0.39, 0.29) is 11.4 Å². The standard InChI is InChI=1S/C20H24N2O6S2/c1-13-5-10-18-17(11-13)22(30(4,26)27)12-19(28-18)20(23)21-14(2)15-6-8-16(9-7-15)29(3,24)25/h5-11,14,19H,12H2,1-4H3,(H,21,23)/t14-,19+/m0/s1. The van der Waals surface area contributed by atoms with Crippen LogP contribution in [0.4, 0.5) is 5.69 Å². The molecule has 1 amide bonds. The Labute approximate surface area is 176 Å². The van der Waals surface area contributed by atoms with Gasteiger partial charge in [-0.3, -0.25) is 9.10 Å². The minimum absolute atomic E-state index is 0.138. The fraction of sp³-hybridized carbons (Fsp3) is 0.350. The summed E-state index contributed by atoms with van der Waals surface area (Å²) < 4.78 is 54.7. The largest absolute Gasteiger partial charge is 0.476 e. The second-order valence-corrected chi connectivity index (χ2v) is 11.4. The summed E-state index contributed by atoms with van der Waals surface area (Å²) in [7, 11) is -6.91. The first-order chi connectivity index (χ1) is 13.9. The van der Waals surface area contributed by atoms with Crippen LogP contribution in [0.3, 0.4) is 0 Å². The molecule has 30 heavy (non-hydrogen) atoms. The Kier molecular flexibility index (Phi) is 5.83. The molecule has 3 rings (SSSR count). The predicted octanol–water partition coefficient (Wildman–Crippen LogP) is 1.80. The Morgan fingerprint density at radius 3 is 2.30 bits per heavy atom. The molecular weight excluding hydrogens is 428 g/mol. The van der Waals surface area contributed by atoms with Crippen molar-refractivity contribution in [2.24, 2.45) is 0 Å². The van der Waals surface area contributed by atoms with Gasteiger partial charge in [0.1, 0.15) is 5.75 Å². The smallest absolute Gasteiger partial charge is 0.263 e. The maximum absolute atomic E-state index is 12.8. The lowest BCUT2D eigenvalue weighted by Crippen LogP contribution is -2.50. The van der Waals surface area contributed by atoms with Gasteiger partial charge in [0.15, 0.2) is 15.9 Å². The van der Waals surface area contributed by atoms with Crippen molar-refractivity contribution < 1.29 is 26.4 Å². The van der Waals surface area contributed by atoms with Crippen LogP contribution in [0.5, 0.6) is 5.75 Å². The quantitative estimate of drug-likeness (QED) is 0.741. The molecule has 1 N–H and O–H groups in total. The molecular formula is C20H24N2O6S2. The van der Waals surface area contributed by atoms with Crippen molar-refractivity contribution in [2.45, 2.75) is 30.9 Å². The molecule has 1 heterocycles. The number of ether oxygens (including phenoxy) is 1. The highest BCUT2D eigenvalue weighted by atomic mass is 32.2. The molecule has 1 aliphatic heterocycles. The summed E-state index contributed by atoms with van der Waals surface area (Å²) in [6.07, 6.45) is 1.19. The number of amides is 1. The lowest BCUT2D eigenvalue weighted by atomic mass is 10.1. The van der Waals surface area contributed by atoms with Crippen molar-refractivity contribution in [3.8, 4) is 5.75 Å². The van der Waals surface area contributed by atoms with E-state index in [1.165, 1.54) is 16.4 Å². The summed E-state index contributed by atoms with van der Waals surface area (Å²) in [5, 5.41) is 2.80. The Bertz CT molecular complexity index is 1170. The number of aryl methyl sites for hydroxylation is 1. The van der Waals surface area contributed by atoms with Crippen molar-refractivity contribution in [3.05, 3.63) is 53.6 Å². The van der Waals surface area contributed by atoms with E-state index in [4.69, 9.17) is 4.74 Å². The van der Waals surface area contributed by atoms with Gasteiger partial charge < -0.3 is 10.1 Å². The van der Waals surface area contributed by atoms with Crippen LogP contribution in [0.1, 0.15) is 24.1 Å². The zero-order valence-electron chi connectivity index (χ0n) is 17.1. The maximum atomic E-state index is 12.8. The van der Waals surface area contributed by atoms with Crippen LogP contribution in [0, 0.1) is 6.92 Å². The first kappa shape index (κ1) is 22.1. The van der Waals surface area contributed by atoms with Gasteiger partial charge >= 0.3 is 0 Å². The number of carbonyl (C=O) groups is 1. The van der Waals surface area contributed by atoms with E-state index in [2.05, 4.69) is 5.32 Å². The Morgan fingerprint density at radius 1 is 1.10 bits per heavy atom. The zero-order chi connectivity index (χ0) is 22.3. The molecule has 2 aromatic carbocycles. The van der Waals surface area contributed by atoms with E-state index in [9.17, 15) is 21.6 Å². The van der Waals surface area contributed by atoms with Gasteiger partial charge in [0.05, 0.1) is 29.4 Å². The van der Waals surface area contributed by atoms with Crippen LogP contribution < -0.4 is 14.4 Å². The number of carbonyl (C=O) groups excluding carboxylic acids is 1. The molecule has 0 saturated heterocycles. The average molecular weight is 453 g/mol. The van der Waals surface area contributed by atoms with Crippen LogP contribution in [0.25, 0.3) is 0 Å². The normalized spacial score (nSPS) is 17.6. The van der Waals surface area contributed by atoms with Crippen LogP contribution in [-0.2, 0) is 24.7 Å². The van der Waals surface area contributed by atoms with Gasteiger partial charge in [-0.25, -0.2) is 16.8 Å². The fourth-order valence-electron chi connectivity index (χ4n) is 3.21. The number of anilines is 1. The fourth-order valence-corrected chi connectivity index (χ4v) is 4.74. The molecule has 0 bridgehead atoms. The molecule has 0 aromatic heterocycles. The van der Waals surface area contributed by atoms with Crippen molar-refractivity contribution in [3.63, 3.8) is 0 Å². The first-order valence-corrected chi connectivity index (χ1v) is 13.0. The topological polar surface area (TPSA) is 110 Å². The van der Waals surface area contributed by atoms with E-state index in [1.54, 1.807) is 37.3 Å². The molecule has 0 saturated carbocycles. The third-order valence-electron chi connectivity index (χ3n) is 4.84. The van der Waals surface area contributed by atoms with Crippen molar-refractivity contribution >= 4 is 31.5 Å². The van der Waals surface area contributed by atoms with E-state index in [1.807, 2.05) is 6.92 Å². The van der Waals surface area contributed by atoms with Crippen LogP contribution >= 0.6 is 0 Å². The Hall–Kier alpha value is -2.59. The highest BCUT2D eigenvalue weighted by Gasteiger charge is 2.35. The van der Waals surface area contributed by atoms with E-state index < -0.39 is 37.9 Å². The van der Waals surface area contributed by atoms with Gasteiger partial charge in [-0.05, 0) is 49.2 Å². The Balaban J connectivity index is 1.79. The molecule has 0 radical (unpaired) electrons. The SMILES string of the molecule is Cc1ccc2c(c1)N(S(C)(=O)=O)C[C@H](C(=O)N[C@@H](C)c1ccc(S(C)(=O)=O)cc1)O2. The lowest BCUT2D eigenvalue weighted by molar-refractivity contribution is -0.128. The first-order valence-electron chi connectivity index (χ1n) is 9.21. The number of nitrogens with zero attached hydrogens (tertiary/aromatic N) is 1. The Morgan fingerprint density at radius 2 is 1.73 bits per heavy atom. The van der Waals surface area contributed by atoms with E-state index in [0.717, 1.165) is 18.1 Å². The lowest BCUT2D eigenvalue weighted by Gasteiger charge is -2.34. The van der Waals surface area contributed by atoms with Gasteiger partial charge in [-0.2, -0.15) is 0 Å². The number of nitrogens with one attached hydrogen (secondary N) is 1. The third-order valence-corrected chi connectivity index (χ3v) is 7.12. The van der Waals surface area contributed by atoms with Crippen LogP contribution in [0.2, 0.25) is 0 Å². The molecule has 2 aromatic rings. The summed E-state index contributed by atoms with van der Waals surface area (Å²) in [5.74, 6) is -0.142. The second-order valence-electron chi connectivity index (χ2n) is 7.44. The summed E-state index contributed by atoms with van der Waals surface area (Å²) in [6, 6.07) is 10.9. The van der Waals surface area contributed by atoms with Gasteiger partial charge in [0.2, 0.25) is 10.0 Å². The minimum Gasteiger partial charge on any atom is -0.476 e. The number of sulfonamides is 1. The maximum Gasteiger partial charge on any atom is 0.263 e. The summed E-state index contributed by atoms with van der Waals surface area (Å²) in [5.41, 5.74) is 1.99. The minimum atomic E-state index is -3.61. The predicted molar refractivity (Wildman–Crippen MR) is 114 cm³/mol. The van der Waals surface area contributed by atoms with E-state index in [0.29, 0.717) is 17.0 Å². The number of benzene rings is 2. The third kappa shape index (κ3) is 4.76. The van der Waals surface area contributed by atoms with Gasteiger partial charge in [0.25, 0.3) is 5.91 Å². The number of sulfone groups is 1. The highest BCUT2D eigenvalue weighted by molar-refractivity contribution is 7.92. The van der Waals surface area contributed by atoms with Gasteiger partial charge in [-0.1, -0.05) is 18.2 Å². The molecule has 2 atom stereocenters.